The maximum absolute atomic E-state index is 12.8. The summed E-state index contributed by atoms with van der Waals surface area (Å²) >= 11 is 3.88. The van der Waals surface area contributed by atoms with Crippen LogP contribution in [0.3, 0.4) is 0 Å². The molecule has 136 valence electrons. The summed E-state index contributed by atoms with van der Waals surface area (Å²) in [4.78, 5) is 12.7. The topological polar surface area (TPSA) is 101 Å². The van der Waals surface area contributed by atoms with Gasteiger partial charge < -0.3 is 4.74 Å². The number of nitrogens with one attached hydrogen (secondary N) is 1. The minimum Gasteiger partial charge on any atom is -0.379 e. The predicted molar refractivity (Wildman–Crippen MR) is 98.2 cm³/mol. The number of thioether (sulfide) groups is 1. The van der Waals surface area contributed by atoms with E-state index in [-0.39, 0.29) is 22.9 Å². The molecule has 25 heavy (non-hydrogen) atoms. The van der Waals surface area contributed by atoms with E-state index < -0.39 is 15.9 Å². The third kappa shape index (κ3) is 4.20. The molecule has 0 bridgehead atoms. The number of carbonyl (C=O) groups is 1. The number of hydrogen-bond donors (Lipinski definition) is 1. The molecule has 3 rings (SSSR count). The van der Waals surface area contributed by atoms with Crippen molar-refractivity contribution in [2.45, 2.75) is 16.2 Å². The van der Waals surface area contributed by atoms with Crippen LogP contribution in [0, 0.1) is 0 Å². The van der Waals surface area contributed by atoms with E-state index in [0.29, 0.717) is 18.3 Å². The normalized spacial score (nSPS) is 16.0. The fourth-order valence-electron chi connectivity index (χ4n) is 2.19. The van der Waals surface area contributed by atoms with E-state index in [4.69, 9.17) is 4.74 Å². The lowest BCUT2D eigenvalue weighted by molar-refractivity contribution is 0.0730. The smallest absolute Gasteiger partial charge is 0.268 e. The van der Waals surface area contributed by atoms with Gasteiger partial charge in [0.2, 0.25) is 15.2 Å². The lowest BCUT2D eigenvalue weighted by atomic mass is 10.4. The molecule has 3 heterocycles. The lowest BCUT2D eigenvalue weighted by Gasteiger charge is -2.25. The molecule has 0 aromatic carbocycles. The van der Waals surface area contributed by atoms with Crippen molar-refractivity contribution >= 4 is 55.5 Å². The first-order valence-electron chi connectivity index (χ1n) is 7.45. The Morgan fingerprint density at radius 2 is 2.16 bits per heavy atom. The van der Waals surface area contributed by atoms with Crippen molar-refractivity contribution in [3.63, 3.8) is 0 Å². The number of carbonyl (C=O) groups excluding carboxylic acids is 1. The Bertz CT molecular complexity index is 842. The van der Waals surface area contributed by atoms with Gasteiger partial charge in [0.25, 0.3) is 5.91 Å². The van der Waals surface area contributed by atoms with Gasteiger partial charge in [0.1, 0.15) is 9.77 Å². The van der Waals surface area contributed by atoms with Crippen LogP contribution >= 0.6 is 34.4 Å². The monoisotopic (exact) mass is 420 g/mol. The number of anilines is 1. The highest BCUT2D eigenvalue weighted by Crippen LogP contribution is 2.29. The SMILES string of the molecule is CCSc1nnc(NC(=O)c2sccc2S(=O)(=O)N2CCOCC2)s1. The molecule has 0 aliphatic carbocycles. The highest BCUT2D eigenvalue weighted by molar-refractivity contribution is 8.01. The third-order valence-electron chi connectivity index (χ3n) is 3.32. The van der Waals surface area contributed by atoms with Crippen molar-refractivity contribution in [3.8, 4) is 0 Å². The van der Waals surface area contributed by atoms with Gasteiger partial charge in [-0.3, -0.25) is 10.1 Å². The summed E-state index contributed by atoms with van der Waals surface area (Å²) < 4.78 is 32.9. The fraction of sp³-hybridized carbons (Fsp3) is 0.462. The van der Waals surface area contributed by atoms with Crippen molar-refractivity contribution in [1.29, 1.82) is 0 Å². The van der Waals surface area contributed by atoms with Crippen LogP contribution in [-0.2, 0) is 14.8 Å². The van der Waals surface area contributed by atoms with E-state index in [1.165, 1.54) is 33.5 Å². The van der Waals surface area contributed by atoms with Gasteiger partial charge in [-0.25, -0.2) is 8.42 Å². The van der Waals surface area contributed by atoms with Crippen LogP contribution in [0.15, 0.2) is 20.7 Å². The van der Waals surface area contributed by atoms with Crippen LogP contribution in [0.25, 0.3) is 0 Å². The maximum Gasteiger partial charge on any atom is 0.268 e. The number of morpholine rings is 1. The molecule has 1 aliphatic rings. The molecule has 0 spiro atoms. The first-order valence-corrected chi connectivity index (χ1v) is 11.6. The van der Waals surface area contributed by atoms with E-state index in [9.17, 15) is 13.2 Å². The van der Waals surface area contributed by atoms with Crippen molar-refractivity contribution in [2.75, 3.05) is 37.4 Å². The Balaban J connectivity index is 1.79. The Kier molecular flexibility index (Phi) is 6.07. The average molecular weight is 421 g/mol. The largest absolute Gasteiger partial charge is 0.379 e. The molecule has 12 heteroatoms. The summed E-state index contributed by atoms with van der Waals surface area (Å²) in [5.74, 6) is 0.362. The van der Waals surface area contributed by atoms with Crippen LogP contribution in [0.4, 0.5) is 5.13 Å². The van der Waals surface area contributed by atoms with Crippen LogP contribution in [0.2, 0.25) is 0 Å². The van der Waals surface area contributed by atoms with Crippen LogP contribution in [0.5, 0.6) is 0 Å². The molecule has 1 saturated heterocycles. The molecule has 0 unspecified atom stereocenters. The first-order chi connectivity index (χ1) is 12.0. The summed E-state index contributed by atoms with van der Waals surface area (Å²) in [5, 5.41) is 12.5. The molecular weight excluding hydrogens is 404 g/mol. The van der Waals surface area contributed by atoms with Gasteiger partial charge in [-0.1, -0.05) is 30.0 Å². The Hall–Kier alpha value is -1.05. The number of ether oxygens (including phenoxy) is 1. The highest BCUT2D eigenvalue weighted by Gasteiger charge is 2.31. The molecule has 0 atom stereocenters. The van der Waals surface area contributed by atoms with Gasteiger partial charge in [-0.2, -0.15) is 4.31 Å². The fourth-order valence-corrected chi connectivity index (χ4v) is 6.54. The van der Waals surface area contributed by atoms with Crippen LogP contribution in [0.1, 0.15) is 16.6 Å². The molecule has 8 nitrogen and oxygen atoms in total. The summed E-state index contributed by atoms with van der Waals surface area (Å²) in [7, 11) is -3.72. The van der Waals surface area contributed by atoms with E-state index in [2.05, 4.69) is 15.5 Å². The van der Waals surface area contributed by atoms with Gasteiger partial charge in [-0.05, 0) is 17.2 Å². The molecule has 1 fully saturated rings. The molecule has 2 aromatic heterocycles. The maximum atomic E-state index is 12.8. The summed E-state index contributed by atoms with van der Waals surface area (Å²) in [6, 6.07) is 1.46. The molecule has 0 radical (unpaired) electrons. The van der Waals surface area contributed by atoms with Crippen LogP contribution in [-0.4, -0.2) is 60.9 Å². The van der Waals surface area contributed by atoms with Gasteiger partial charge in [0.05, 0.1) is 13.2 Å². The number of sulfonamides is 1. The zero-order valence-electron chi connectivity index (χ0n) is 13.3. The molecule has 0 saturated carbocycles. The number of aromatic nitrogens is 2. The van der Waals surface area contributed by atoms with Crippen LogP contribution < -0.4 is 5.32 Å². The van der Waals surface area contributed by atoms with Crippen molar-refractivity contribution in [2.24, 2.45) is 0 Å². The predicted octanol–water partition coefficient (Wildman–Crippen LogP) is 1.98. The molecule has 1 amide bonds. The molecule has 1 aliphatic heterocycles. The third-order valence-corrected chi connectivity index (χ3v) is 8.16. The average Bonchev–Trinajstić information content (AvgIpc) is 3.26. The lowest BCUT2D eigenvalue weighted by Crippen LogP contribution is -2.41. The molecule has 1 N–H and O–H groups in total. The van der Waals surface area contributed by atoms with E-state index >= 15 is 0 Å². The number of nitrogens with zero attached hydrogens (tertiary/aromatic N) is 3. The molecular formula is C13H16N4O4S4. The Morgan fingerprint density at radius 1 is 1.40 bits per heavy atom. The standard InChI is InChI=1S/C13H16N4O4S4/c1-2-22-13-16-15-12(24-13)14-11(18)10-9(3-8-23-10)25(19,20)17-4-6-21-7-5-17/h3,8H,2,4-7H2,1H3,(H,14,15,18). The van der Waals surface area contributed by atoms with Gasteiger partial charge >= 0.3 is 0 Å². The van der Waals surface area contributed by atoms with Crippen molar-refractivity contribution in [3.05, 3.63) is 16.3 Å². The van der Waals surface area contributed by atoms with E-state index in [0.717, 1.165) is 21.4 Å². The molecule has 2 aromatic rings. The second kappa shape index (κ2) is 8.10. The zero-order valence-corrected chi connectivity index (χ0v) is 16.6. The minimum absolute atomic E-state index is 0.0181. The summed E-state index contributed by atoms with van der Waals surface area (Å²) in [5.41, 5.74) is 0. The first kappa shape index (κ1) is 18.7. The van der Waals surface area contributed by atoms with Crippen molar-refractivity contribution < 1.29 is 17.9 Å². The quantitative estimate of drug-likeness (QED) is 0.563. The zero-order chi connectivity index (χ0) is 17.9. The number of rotatable bonds is 6. The minimum atomic E-state index is -3.72. The number of amides is 1. The second-order valence-electron chi connectivity index (χ2n) is 4.89. The second-order valence-corrected chi connectivity index (χ2v) is 10.2. The number of thiophene rings is 1. The Morgan fingerprint density at radius 3 is 2.88 bits per heavy atom. The van der Waals surface area contributed by atoms with Gasteiger partial charge in [0.15, 0.2) is 4.34 Å². The summed E-state index contributed by atoms with van der Waals surface area (Å²) in [6.07, 6.45) is 0. The Labute approximate surface area is 157 Å². The number of hydrogen-bond acceptors (Lipinski definition) is 9. The van der Waals surface area contributed by atoms with Gasteiger partial charge in [-0.15, -0.1) is 21.5 Å². The van der Waals surface area contributed by atoms with Crippen molar-refractivity contribution in [1.82, 2.24) is 14.5 Å². The highest BCUT2D eigenvalue weighted by atomic mass is 32.2. The van der Waals surface area contributed by atoms with E-state index in [1.807, 2.05) is 6.92 Å². The van der Waals surface area contributed by atoms with E-state index in [1.54, 1.807) is 5.38 Å². The summed E-state index contributed by atoms with van der Waals surface area (Å²) in [6.45, 7) is 3.28. The van der Waals surface area contributed by atoms with Gasteiger partial charge in [0, 0.05) is 13.1 Å².